The Morgan fingerprint density at radius 3 is 1.93 bits per heavy atom. The minimum absolute atomic E-state index is 0.0465. The smallest absolute Gasteiger partial charge is 0.490 e. The van der Waals surface area contributed by atoms with Crippen molar-refractivity contribution in [1.82, 2.24) is 19.4 Å². The Morgan fingerprint density at radius 1 is 0.932 bits per heavy atom. The molecule has 0 unspecified atom stereocenters. The topological polar surface area (TPSA) is 108 Å². The van der Waals surface area contributed by atoms with Crippen LogP contribution in [0.15, 0.2) is 42.6 Å². The number of carbonyl (C=O) groups is 2. The van der Waals surface area contributed by atoms with E-state index in [1.54, 1.807) is 7.11 Å². The Morgan fingerprint density at radius 2 is 1.48 bits per heavy atom. The number of rotatable bonds is 4. The van der Waals surface area contributed by atoms with E-state index in [0.717, 1.165) is 51.3 Å². The lowest BCUT2D eigenvalue weighted by Gasteiger charge is -2.49. The molecule has 2 aliphatic heterocycles. The Labute approximate surface area is 253 Å². The molecule has 5 rings (SSSR count). The summed E-state index contributed by atoms with van der Waals surface area (Å²) in [6, 6.07) is 12.9. The molecular weight excluding hydrogens is 618 g/mol. The zero-order valence-electron chi connectivity index (χ0n) is 24.1. The molecule has 1 spiro atoms. The van der Waals surface area contributed by atoms with Gasteiger partial charge in [0.1, 0.15) is 11.6 Å². The maximum Gasteiger partial charge on any atom is 0.490 e. The Hall–Kier alpha value is -3.63. The number of hydrogen-bond acceptors (Lipinski definition) is 7. The standard InChI is InChI=1S/C24H30N4OS.2C2HF3O2/c1-18-4-9-21(30-18)17-27-12-10-24(11-13-27)23-25-16-22(28(23)15-14-26(24)2)19-5-7-20(29-3)8-6-19;2*3-2(4,5)1(6)7/h4-9,16H,10-15,17H2,1-3H3;2*(H,6,7). The molecule has 0 bridgehead atoms. The van der Waals surface area contributed by atoms with Crippen molar-refractivity contribution in [3.8, 4) is 17.0 Å². The number of fused-ring (bicyclic) bond motifs is 2. The van der Waals surface area contributed by atoms with E-state index in [0.29, 0.717) is 0 Å². The SMILES string of the molecule is COc1ccc(-c2cnc3n2CCN(C)C32CCN(Cc3ccc(C)s3)CC2)cc1.O=C(O)C(F)(F)F.O=C(O)C(F)(F)F. The summed E-state index contributed by atoms with van der Waals surface area (Å²) in [5.41, 5.74) is 2.47. The molecule has 44 heavy (non-hydrogen) atoms. The predicted octanol–water partition coefficient (Wildman–Crippen LogP) is 5.63. The first-order valence-corrected chi connectivity index (χ1v) is 14.1. The van der Waals surface area contributed by atoms with Gasteiger partial charge in [-0.25, -0.2) is 14.6 Å². The average molecular weight is 651 g/mol. The molecule has 4 heterocycles. The highest BCUT2D eigenvalue weighted by molar-refractivity contribution is 7.11. The molecular formula is C28H32F6N4O5S. The molecule has 1 saturated heterocycles. The van der Waals surface area contributed by atoms with Crippen LogP contribution in [-0.2, 0) is 28.2 Å². The number of methoxy groups -OCH3 is 1. The normalized spacial score (nSPS) is 16.7. The second-order valence-corrected chi connectivity index (χ2v) is 11.6. The zero-order chi connectivity index (χ0) is 32.9. The van der Waals surface area contributed by atoms with Gasteiger partial charge >= 0.3 is 24.3 Å². The van der Waals surface area contributed by atoms with Gasteiger partial charge in [-0.2, -0.15) is 26.3 Å². The fraction of sp³-hybridized carbons (Fsp3) is 0.464. The van der Waals surface area contributed by atoms with Crippen LogP contribution in [0.4, 0.5) is 26.3 Å². The van der Waals surface area contributed by atoms with Crippen LogP contribution < -0.4 is 4.74 Å². The van der Waals surface area contributed by atoms with E-state index in [4.69, 9.17) is 29.5 Å². The molecule has 0 aliphatic carbocycles. The summed E-state index contributed by atoms with van der Waals surface area (Å²) >= 11 is 1.92. The number of alkyl halides is 6. The van der Waals surface area contributed by atoms with Gasteiger partial charge in [-0.3, -0.25) is 9.80 Å². The lowest BCUT2D eigenvalue weighted by atomic mass is 9.83. The number of thiophene rings is 1. The molecule has 2 aliphatic rings. The van der Waals surface area contributed by atoms with Crippen molar-refractivity contribution >= 4 is 23.3 Å². The molecule has 1 aromatic carbocycles. The number of ether oxygens (including phenoxy) is 1. The van der Waals surface area contributed by atoms with E-state index in [1.807, 2.05) is 23.5 Å². The number of aliphatic carboxylic acids is 2. The van der Waals surface area contributed by atoms with E-state index >= 15 is 0 Å². The molecule has 0 saturated carbocycles. The van der Waals surface area contributed by atoms with Crippen molar-refractivity contribution in [2.75, 3.05) is 33.8 Å². The molecule has 9 nitrogen and oxygen atoms in total. The number of nitrogens with zero attached hydrogens (tertiary/aromatic N) is 4. The number of imidazole rings is 1. The molecule has 3 aromatic rings. The second-order valence-electron chi connectivity index (χ2n) is 10.2. The number of aryl methyl sites for hydroxylation is 1. The van der Waals surface area contributed by atoms with E-state index in [1.165, 1.54) is 26.8 Å². The summed E-state index contributed by atoms with van der Waals surface area (Å²) in [6.07, 6.45) is -5.83. The van der Waals surface area contributed by atoms with Gasteiger partial charge < -0.3 is 19.5 Å². The number of hydrogen-bond donors (Lipinski definition) is 2. The lowest BCUT2D eigenvalue weighted by Crippen LogP contribution is -2.56. The van der Waals surface area contributed by atoms with Crippen LogP contribution in [0.3, 0.4) is 0 Å². The summed E-state index contributed by atoms with van der Waals surface area (Å²) in [5, 5.41) is 14.2. The van der Waals surface area contributed by atoms with Gasteiger partial charge in [0, 0.05) is 48.0 Å². The van der Waals surface area contributed by atoms with Gasteiger partial charge in [-0.15, -0.1) is 11.3 Å². The summed E-state index contributed by atoms with van der Waals surface area (Å²) < 4.78 is 71.3. The molecule has 2 N–H and O–H groups in total. The third-order valence-corrected chi connectivity index (χ3v) is 8.38. The van der Waals surface area contributed by atoms with Crippen LogP contribution in [0, 0.1) is 6.92 Å². The number of piperidine rings is 1. The molecule has 2 aromatic heterocycles. The van der Waals surface area contributed by atoms with Gasteiger partial charge in [0.2, 0.25) is 0 Å². The van der Waals surface area contributed by atoms with Crippen molar-refractivity contribution in [3.05, 3.63) is 58.2 Å². The Balaban J connectivity index is 0.000000317. The maximum atomic E-state index is 10.6. The third kappa shape index (κ3) is 8.51. The highest BCUT2D eigenvalue weighted by atomic mass is 32.1. The monoisotopic (exact) mass is 650 g/mol. The van der Waals surface area contributed by atoms with Crippen molar-refractivity contribution in [2.24, 2.45) is 0 Å². The summed E-state index contributed by atoms with van der Waals surface area (Å²) in [5.74, 6) is -3.38. The van der Waals surface area contributed by atoms with Gasteiger partial charge in [0.15, 0.2) is 0 Å². The minimum atomic E-state index is -5.08. The number of carboxylic acids is 2. The van der Waals surface area contributed by atoms with Crippen molar-refractivity contribution in [2.45, 2.75) is 50.7 Å². The summed E-state index contributed by atoms with van der Waals surface area (Å²) in [4.78, 5) is 30.8. The van der Waals surface area contributed by atoms with Gasteiger partial charge in [0.25, 0.3) is 0 Å². The molecule has 0 amide bonds. The van der Waals surface area contributed by atoms with E-state index in [9.17, 15) is 26.3 Å². The number of likely N-dealkylation sites (N-methyl/N-ethyl adjacent to an activating group) is 1. The van der Waals surface area contributed by atoms with Crippen LogP contribution in [0.25, 0.3) is 11.3 Å². The van der Waals surface area contributed by atoms with Crippen molar-refractivity contribution in [1.29, 1.82) is 0 Å². The number of halogens is 6. The van der Waals surface area contributed by atoms with Crippen LogP contribution in [-0.4, -0.2) is 87.6 Å². The molecule has 1 fully saturated rings. The van der Waals surface area contributed by atoms with Crippen molar-refractivity contribution < 1.29 is 50.9 Å². The van der Waals surface area contributed by atoms with Gasteiger partial charge in [-0.1, -0.05) is 0 Å². The quantitative estimate of drug-likeness (QED) is 0.350. The van der Waals surface area contributed by atoms with Crippen LogP contribution in [0.2, 0.25) is 0 Å². The number of benzene rings is 1. The van der Waals surface area contributed by atoms with Gasteiger partial charge in [-0.05, 0) is 63.2 Å². The summed E-state index contributed by atoms with van der Waals surface area (Å²) in [7, 11) is 3.99. The lowest BCUT2D eigenvalue weighted by molar-refractivity contribution is -0.193. The Bertz CT molecular complexity index is 1390. The first-order chi connectivity index (χ1) is 20.5. The number of aromatic nitrogens is 2. The minimum Gasteiger partial charge on any atom is -0.497 e. The predicted molar refractivity (Wildman–Crippen MR) is 149 cm³/mol. The first kappa shape index (κ1) is 34.9. The van der Waals surface area contributed by atoms with Crippen LogP contribution >= 0.6 is 11.3 Å². The van der Waals surface area contributed by atoms with E-state index in [2.05, 4.69) is 58.8 Å². The van der Waals surface area contributed by atoms with E-state index in [-0.39, 0.29) is 5.54 Å². The highest BCUT2D eigenvalue weighted by Gasteiger charge is 2.45. The largest absolute Gasteiger partial charge is 0.497 e. The van der Waals surface area contributed by atoms with Gasteiger partial charge in [0.05, 0.1) is 24.5 Å². The highest BCUT2D eigenvalue weighted by Crippen LogP contribution is 2.42. The molecule has 242 valence electrons. The number of likely N-dealkylation sites (tertiary alicyclic amines) is 1. The third-order valence-electron chi connectivity index (χ3n) is 7.39. The van der Waals surface area contributed by atoms with E-state index < -0.39 is 24.3 Å². The van der Waals surface area contributed by atoms with Crippen LogP contribution in [0.1, 0.15) is 28.4 Å². The molecule has 16 heteroatoms. The average Bonchev–Trinajstić information content (AvgIpc) is 3.58. The zero-order valence-corrected chi connectivity index (χ0v) is 24.9. The molecule has 0 atom stereocenters. The Kier molecular flexibility index (Phi) is 11.1. The first-order valence-electron chi connectivity index (χ1n) is 13.3. The fourth-order valence-corrected chi connectivity index (χ4v) is 6.01. The van der Waals surface area contributed by atoms with Crippen molar-refractivity contribution in [3.63, 3.8) is 0 Å². The number of carboxylic acid groups (broad SMARTS) is 2. The van der Waals surface area contributed by atoms with Crippen LogP contribution in [0.5, 0.6) is 5.75 Å². The molecule has 0 radical (unpaired) electrons. The fourth-order valence-electron chi connectivity index (χ4n) is 5.08. The summed E-state index contributed by atoms with van der Waals surface area (Å²) in [6.45, 7) is 7.56. The second kappa shape index (κ2) is 14.0. The maximum absolute atomic E-state index is 10.6.